The lowest BCUT2D eigenvalue weighted by Crippen LogP contribution is -2.21. The van der Waals surface area contributed by atoms with Crippen LogP contribution in [0.3, 0.4) is 0 Å². The SMILES string of the molecule is c1cc([C@H]2C[C@@H]3CC[C@H]2N3)cnn1. The second kappa shape index (κ2) is 2.77. The fourth-order valence-electron chi connectivity index (χ4n) is 2.71. The first kappa shape index (κ1) is 7.44. The number of nitrogens with zero attached hydrogens (tertiary/aromatic N) is 2. The third kappa shape index (κ3) is 1.15. The maximum Gasteiger partial charge on any atom is 0.0531 e. The summed E-state index contributed by atoms with van der Waals surface area (Å²) in [5.41, 5.74) is 1.36. The smallest absolute Gasteiger partial charge is 0.0531 e. The van der Waals surface area contributed by atoms with Crippen LogP contribution >= 0.6 is 0 Å². The molecule has 2 aliphatic rings. The number of aromatic nitrogens is 2. The fraction of sp³-hybridized carbons (Fsp3) is 0.600. The molecule has 0 aromatic carbocycles. The van der Waals surface area contributed by atoms with Crippen LogP contribution < -0.4 is 5.32 Å². The van der Waals surface area contributed by atoms with Crippen LogP contribution in [0.15, 0.2) is 18.5 Å². The van der Waals surface area contributed by atoms with Crippen molar-refractivity contribution in [1.29, 1.82) is 0 Å². The predicted molar refractivity (Wildman–Crippen MR) is 49.3 cm³/mol. The van der Waals surface area contributed by atoms with Gasteiger partial charge in [-0.05, 0) is 30.9 Å². The van der Waals surface area contributed by atoms with Crippen LogP contribution in [-0.4, -0.2) is 22.3 Å². The highest BCUT2D eigenvalue weighted by Gasteiger charge is 2.39. The van der Waals surface area contributed by atoms with E-state index >= 15 is 0 Å². The zero-order valence-corrected chi connectivity index (χ0v) is 7.48. The Hall–Kier alpha value is -0.960. The van der Waals surface area contributed by atoms with Crippen LogP contribution in [0, 0.1) is 0 Å². The van der Waals surface area contributed by atoms with Crippen LogP contribution in [0.1, 0.15) is 30.7 Å². The van der Waals surface area contributed by atoms with E-state index in [4.69, 9.17) is 0 Å². The summed E-state index contributed by atoms with van der Waals surface area (Å²) in [5.74, 6) is 0.689. The van der Waals surface area contributed by atoms with Crippen molar-refractivity contribution >= 4 is 0 Å². The highest BCUT2D eigenvalue weighted by atomic mass is 15.1. The van der Waals surface area contributed by atoms with Gasteiger partial charge >= 0.3 is 0 Å². The lowest BCUT2D eigenvalue weighted by atomic mass is 9.85. The molecule has 2 aliphatic heterocycles. The van der Waals surface area contributed by atoms with Crippen molar-refractivity contribution in [2.45, 2.75) is 37.3 Å². The van der Waals surface area contributed by atoms with Crippen LogP contribution in [0.2, 0.25) is 0 Å². The van der Waals surface area contributed by atoms with Crippen molar-refractivity contribution in [2.24, 2.45) is 0 Å². The lowest BCUT2D eigenvalue weighted by Gasteiger charge is -2.19. The van der Waals surface area contributed by atoms with Gasteiger partial charge < -0.3 is 5.32 Å². The van der Waals surface area contributed by atoms with Gasteiger partial charge in [-0.3, -0.25) is 0 Å². The number of fused-ring (bicyclic) bond motifs is 2. The molecule has 0 amide bonds. The van der Waals surface area contributed by atoms with Gasteiger partial charge in [0.25, 0.3) is 0 Å². The predicted octanol–water partition coefficient (Wildman–Crippen LogP) is 1.08. The van der Waals surface area contributed by atoms with Crippen molar-refractivity contribution in [1.82, 2.24) is 15.5 Å². The largest absolute Gasteiger partial charge is 0.311 e. The highest BCUT2D eigenvalue weighted by molar-refractivity contribution is 5.20. The summed E-state index contributed by atoms with van der Waals surface area (Å²) in [4.78, 5) is 0. The van der Waals surface area contributed by atoms with E-state index < -0.39 is 0 Å². The van der Waals surface area contributed by atoms with Gasteiger partial charge in [0.2, 0.25) is 0 Å². The van der Waals surface area contributed by atoms with Crippen molar-refractivity contribution in [2.75, 3.05) is 0 Å². The van der Waals surface area contributed by atoms with E-state index in [1.54, 1.807) is 6.20 Å². The molecule has 0 aliphatic carbocycles. The Bertz CT molecular complexity index is 298. The van der Waals surface area contributed by atoms with E-state index in [9.17, 15) is 0 Å². The summed E-state index contributed by atoms with van der Waals surface area (Å²) >= 11 is 0. The summed E-state index contributed by atoms with van der Waals surface area (Å²) < 4.78 is 0. The van der Waals surface area contributed by atoms with Gasteiger partial charge in [-0.2, -0.15) is 10.2 Å². The van der Waals surface area contributed by atoms with Crippen molar-refractivity contribution in [3.63, 3.8) is 0 Å². The zero-order valence-electron chi connectivity index (χ0n) is 7.48. The van der Waals surface area contributed by atoms with Gasteiger partial charge in [0.05, 0.1) is 6.20 Å². The molecular formula is C10H13N3. The summed E-state index contributed by atoms with van der Waals surface area (Å²) in [6, 6.07) is 3.57. The number of nitrogens with one attached hydrogen (secondary N) is 1. The summed E-state index contributed by atoms with van der Waals surface area (Å²) in [7, 11) is 0. The molecule has 3 heterocycles. The Kier molecular flexibility index (Phi) is 1.59. The van der Waals surface area contributed by atoms with Crippen molar-refractivity contribution in [3.8, 4) is 0 Å². The minimum Gasteiger partial charge on any atom is -0.311 e. The average Bonchev–Trinajstić information content (AvgIpc) is 2.80. The molecule has 3 rings (SSSR count). The molecule has 0 saturated carbocycles. The standard InChI is InChI=1S/C10H13N3/c1-2-10-9(5-8(1)13-10)7-3-4-11-12-6-7/h3-4,6,8-10,13H,1-2,5H2/t8-,9+,10+/m0/s1. The van der Waals surface area contributed by atoms with Gasteiger partial charge in [0.15, 0.2) is 0 Å². The Morgan fingerprint density at radius 2 is 2.31 bits per heavy atom. The van der Waals surface area contributed by atoms with E-state index in [2.05, 4.69) is 21.6 Å². The molecule has 1 aromatic rings. The van der Waals surface area contributed by atoms with E-state index in [1.165, 1.54) is 24.8 Å². The van der Waals surface area contributed by atoms with Crippen molar-refractivity contribution in [3.05, 3.63) is 24.0 Å². The maximum absolute atomic E-state index is 3.94. The molecule has 0 unspecified atom stereocenters. The van der Waals surface area contributed by atoms with E-state index in [0.29, 0.717) is 12.0 Å². The molecule has 3 heteroatoms. The summed E-state index contributed by atoms with van der Waals surface area (Å²) in [5, 5.41) is 11.4. The molecule has 68 valence electrons. The first-order chi connectivity index (χ1) is 6.43. The molecule has 2 bridgehead atoms. The Balaban J connectivity index is 1.87. The normalized spacial score (nSPS) is 36.8. The van der Waals surface area contributed by atoms with Crippen LogP contribution in [0.5, 0.6) is 0 Å². The van der Waals surface area contributed by atoms with Crippen LogP contribution in [-0.2, 0) is 0 Å². The lowest BCUT2D eigenvalue weighted by molar-refractivity contribution is 0.504. The molecule has 1 aromatic heterocycles. The van der Waals surface area contributed by atoms with Gasteiger partial charge in [-0.1, -0.05) is 0 Å². The quantitative estimate of drug-likeness (QED) is 0.694. The topological polar surface area (TPSA) is 37.8 Å². The van der Waals surface area contributed by atoms with Gasteiger partial charge in [-0.25, -0.2) is 0 Å². The fourth-order valence-corrected chi connectivity index (χ4v) is 2.71. The molecule has 2 saturated heterocycles. The minimum atomic E-state index is 0.689. The molecule has 3 nitrogen and oxygen atoms in total. The molecule has 2 fully saturated rings. The summed E-state index contributed by atoms with van der Waals surface area (Å²) in [6.45, 7) is 0. The van der Waals surface area contributed by atoms with Gasteiger partial charge in [0, 0.05) is 24.2 Å². The molecule has 0 spiro atoms. The Morgan fingerprint density at radius 1 is 1.31 bits per heavy atom. The summed E-state index contributed by atoms with van der Waals surface area (Å²) in [6.07, 6.45) is 7.68. The third-order valence-corrected chi connectivity index (χ3v) is 3.34. The molecular weight excluding hydrogens is 162 g/mol. The van der Waals surface area contributed by atoms with Gasteiger partial charge in [0.1, 0.15) is 0 Å². The van der Waals surface area contributed by atoms with Gasteiger partial charge in [-0.15, -0.1) is 0 Å². The molecule has 3 atom stereocenters. The second-order valence-electron chi connectivity index (χ2n) is 4.07. The average molecular weight is 175 g/mol. The van der Waals surface area contributed by atoms with Crippen LogP contribution in [0.4, 0.5) is 0 Å². The minimum absolute atomic E-state index is 0.689. The maximum atomic E-state index is 3.94. The zero-order chi connectivity index (χ0) is 8.67. The molecule has 1 N–H and O–H groups in total. The third-order valence-electron chi connectivity index (χ3n) is 3.34. The van der Waals surface area contributed by atoms with E-state index in [-0.39, 0.29) is 0 Å². The molecule has 13 heavy (non-hydrogen) atoms. The van der Waals surface area contributed by atoms with E-state index in [1.807, 2.05) is 6.20 Å². The Morgan fingerprint density at radius 3 is 2.92 bits per heavy atom. The highest BCUT2D eigenvalue weighted by Crippen LogP contribution is 2.39. The monoisotopic (exact) mass is 175 g/mol. The Labute approximate surface area is 77.6 Å². The molecule has 0 radical (unpaired) electrons. The number of hydrogen-bond donors (Lipinski definition) is 1. The van der Waals surface area contributed by atoms with E-state index in [0.717, 1.165) is 6.04 Å². The second-order valence-corrected chi connectivity index (χ2v) is 4.07. The first-order valence-corrected chi connectivity index (χ1v) is 4.96. The van der Waals surface area contributed by atoms with Crippen LogP contribution in [0.25, 0.3) is 0 Å². The number of hydrogen-bond acceptors (Lipinski definition) is 3. The van der Waals surface area contributed by atoms with Crippen molar-refractivity contribution < 1.29 is 0 Å². The number of rotatable bonds is 1. The first-order valence-electron chi connectivity index (χ1n) is 4.96.